The van der Waals surface area contributed by atoms with Crippen LogP contribution in [0.15, 0.2) is 23.8 Å². The average Bonchev–Trinajstić information content (AvgIpc) is 2.34. The fourth-order valence-electron chi connectivity index (χ4n) is 2.50. The molecule has 0 aromatic heterocycles. The fraction of sp³-hybridized carbons (Fsp3) is 0.714. The molecule has 0 aromatic carbocycles. The van der Waals surface area contributed by atoms with Gasteiger partial charge in [-0.05, 0) is 38.5 Å². The van der Waals surface area contributed by atoms with E-state index in [1.165, 1.54) is 0 Å². The molecule has 0 saturated carbocycles. The van der Waals surface area contributed by atoms with Crippen molar-refractivity contribution < 1.29 is 13.5 Å². The van der Waals surface area contributed by atoms with Gasteiger partial charge in [-0.15, -0.1) is 0 Å². The van der Waals surface area contributed by atoms with Crippen molar-refractivity contribution >= 4 is 0 Å². The van der Waals surface area contributed by atoms with Crippen LogP contribution in [0.1, 0.15) is 38.5 Å². The monoisotopic (exact) mass is 242 g/mol. The molecule has 0 heterocycles. The van der Waals surface area contributed by atoms with E-state index in [1.54, 1.807) is 12.2 Å². The molecule has 0 spiro atoms. The summed E-state index contributed by atoms with van der Waals surface area (Å²) in [5.74, 6) is -0.287. The summed E-state index contributed by atoms with van der Waals surface area (Å²) >= 11 is 0. The van der Waals surface area contributed by atoms with Gasteiger partial charge in [0.2, 0.25) is 0 Å². The van der Waals surface area contributed by atoms with Gasteiger partial charge in [-0.25, -0.2) is 8.78 Å². The van der Waals surface area contributed by atoms with Crippen molar-refractivity contribution in [1.29, 1.82) is 0 Å². The van der Waals surface area contributed by atoms with E-state index in [2.05, 4.69) is 0 Å². The average molecular weight is 242 g/mol. The molecule has 3 heteroatoms. The number of hydrogen-bond acceptors (Lipinski definition) is 1. The Bertz CT molecular complexity index is 279. The lowest BCUT2D eigenvalue weighted by atomic mass is 9.94. The molecule has 0 N–H and O–H groups in total. The molecular formula is C14H20F2O. The van der Waals surface area contributed by atoms with Crippen molar-refractivity contribution in [3.8, 4) is 0 Å². The highest BCUT2D eigenvalue weighted by Crippen LogP contribution is 2.28. The molecule has 2 aliphatic carbocycles. The van der Waals surface area contributed by atoms with Gasteiger partial charge in [0.1, 0.15) is 11.7 Å². The lowest BCUT2D eigenvalue weighted by molar-refractivity contribution is 0.0689. The number of hydrogen-bond donors (Lipinski definition) is 0. The number of rotatable bonds is 4. The van der Waals surface area contributed by atoms with E-state index in [0.717, 1.165) is 38.5 Å². The van der Waals surface area contributed by atoms with E-state index < -0.39 is 0 Å². The highest BCUT2D eigenvalue weighted by atomic mass is 19.1. The number of allylic oxidation sites excluding steroid dienone is 2. The maximum absolute atomic E-state index is 13.4. The SMILES string of the molecule is FC1=CCCCC1COCC1CCCC=C1F. The van der Waals surface area contributed by atoms with Crippen molar-refractivity contribution in [2.75, 3.05) is 13.2 Å². The summed E-state index contributed by atoms with van der Waals surface area (Å²) < 4.78 is 32.3. The largest absolute Gasteiger partial charge is 0.380 e. The Hall–Kier alpha value is -0.700. The van der Waals surface area contributed by atoms with Gasteiger partial charge in [0.25, 0.3) is 0 Å². The van der Waals surface area contributed by atoms with E-state index >= 15 is 0 Å². The first kappa shape index (κ1) is 12.7. The molecule has 0 radical (unpaired) electrons. The van der Waals surface area contributed by atoms with Gasteiger partial charge in [0.05, 0.1) is 13.2 Å². The van der Waals surface area contributed by atoms with Crippen LogP contribution in [-0.4, -0.2) is 13.2 Å². The van der Waals surface area contributed by atoms with E-state index in [1.807, 2.05) is 0 Å². The normalized spacial score (nSPS) is 29.8. The molecule has 0 fully saturated rings. The van der Waals surface area contributed by atoms with Gasteiger partial charge in [0.15, 0.2) is 0 Å². The summed E-state index contributed by atoms with van der Waals surface area (Å²) in [7, 11) is 0. The van der Waals surface area contributed by atoms with Crippen LogP contribution < -0.4 is 0 Å². The predicted molar refractivity (Wildman–Crippen MR) is 63.9 cm³/mol. The van der Waals surface area contributed by atoms with Crippen LogP contribution in [0.25, 0.3) is 0 Å². The first-order chi connectivity index (χ1) is 8.27. The van der Waals surface area contributed by atoms with Gasteiger partial charge in [-0.3, -0.25) is 0 Å². The van der Waals surface area contributed by atoms with Crippen molar-refractivity contribution in [2.24, 2.45) is 11.8 Å². The molecule has 96 valence electrons. The fourth-order valence-corrected chi connectivity index (χ4v) is 2.50. The standard InChI is InChI=1S/C14H20F2O/c15-13-7-3-1-5-11(13)9-17-10-12-6-2-4-8-14(12)16/h7-8,11-12H,1-6,9-10H2. The third-order valence-electron chi connectivity index (χ3n) is 3.61. The molecular weight excluding hydrogens is 222 g/mol. The summed E-state index contributed by atoms with van der Waals surface area (Å²) in [6.07, 6.45) is 8.73. The third kappa shape index (κ3) is 3.63. The Morgan fingerprint density at radius 1 is 0.941 bits per heavy atom. The topological polar surface area (TPSA) is 9.23 Å². The van der Waals surface area contributed by atoms with E-state index in [0.29, 0.717) is 13.2 Å². The summed E-state index contributed by atoms with van der Waals surface area (Å²) in [5, 5.41) is 0. The zero-order valence-electron chi connectivity index (χ0n) is 10.1. The Balaban J connectivity index is 1.72. The van der Waals surface area contributed by atoms with Crippen molar-refractivity contribution in [3.63, 3.8) is 0 Å². The van der Waals surface area contributed by atoms with Gasteiger partial charge < -0.3 is 4.74 Å². The molecule has 0 saturated heterocycles. The molecule has 2 atom stereocenters. The highest BCUT2D eigenvalue weighted by molar-refractivity contribution is 5.02. The summed E-state index contributed by atoms with van der Waals surface area (Å²) in [6.45, 7) is 0.790. The lowest BCUT2D eigenvalue weighted by Gasteiger charge is -2.22. The molecule has 2 rings (SSSR count). The van der Waals surface area contributed by atoms with Crippen LogP contribution in [0.4, 0.5) is 8.78 Å². The molecule has 0 aromatic rings. The zero-order valence-corrected chi connectivity index (χ0v) is 10.1. The van der Waals surface area contributed by atoms with Crippen molar-refractivity contribution in [1.82, 2.24) is 0 Å². The second-order valence-electron chi connectivity index (χ2n) is 4.97. The maximum atomic E-state index is 13.4. The smallest absolute Gasteiger partial charge is 0.101 e. The van der Waals surface area contributed by atoms with Gasteiger partial charge in [-0.1, -0.05) is 12.2 Å². The highest BCUT2D eigenvalue weighted by Gasteiger charge is 2.21. The second kappa shape index (κ2) is 6.29. The first-order valence-corrected chi connectivity index (χ1v) is 6.56. The van der Waals surface area contributed by atoms with E-state index in [4.69, 9.17) is 4.74 Å². The van der Waals surface area contributed by atoms with Crippen LogP contribution in [-0.2, 0) is 4.74 Å². The maximum Gasteiger partial charge on any atom is 0.101 e. The van der Waals surface area contributed by atoms with E-state index in [-0.39, 0.29) is 23.5 Å². The molecule has 0 amide bonds. The second-order valence-corrected chi connectivity index (χ2v) is 4.97. The zero-order chi connectivity index (χ0) is 12.1. The van der Waals surface area contributed by atoms with Gasteiger partial charge in [0, 0.05) is 11.8 Å². The van der Waals surface area contributed by atoms with E-state index in [9.17, 15) is 8.78 Å². The minimum absolute atomic E-state index is 0.0455. The summed E-state index contributed by atoms with van der Waals surface area (Å²) in [5.41, 5.74) is 0. The Labute approximate surface area is 102 Å². The molecule has 0 aliphatic heterocycles. The van der Waals surface area contributed by atoms with Crippen LogP contribution in [0.2, 0.25) is 0 Å². The predicted octanol–water partition coefficient (Wildman–Crippen LogP) is 4.31. The molecule has 17 heavy (non-hydrogen) atoms. The van der Waals surface area contributed by atoms with Gasteiger partial charge >= 0.3 is 0 Å². The number of halogens is 2. The molecule has 0 bridgehead atoms. The summed E-state index contributed by atoms with van der Waals surface area (Å²) in [6, 6.07) is 0. The van der Waals surface area contributed by atoms with Crippen molar-refractivity contribution in [2.45, 2.75) is 38.5 Å². The molecule has 2 aliphatic rings. The van der Waals surface area contributed by atoms with Crippen LogP contribution in [0.5, 0.6) is 0 Å². The minimum atomic E-state index is -0.0978. The van der Waals surface area contributed by atoms with Crippen LogP contribution in [0.3, 0.4) is 0 Å². The Morgan fingerprint density at radius 3 is 1.82 bits per heavy atom. The van der Waals surface area contributed by atoms with Crippen LogP contribution >= 0.6 is 0 Å². The van der Waals surface area contributed by atoms with Crippen molar-refractivity contribution in [3.05, 3.63) is 23.8 Å². The third-order valence-corrected chi connectivity index (χ3v) is 3.61. The van der Waals surface area contributed by atoms with Crippen LogP contribution in [0, 0.1) is 11.8 Å². The Kier molecular flexibility index (Phi) is 4.72. The number of ether oxygens (including phenoxy) is 1. The minimum Gasteiger partial charge on any atom is -0.380 e. The first-order valence-electron chi connectivity index (χ1n) is 6.56. The Morgan fingerprint density at radius 2 is 1.41 bits per heavy atom. The quantitative estimate of drug-likeness (QED) is 0.713. The molecule has 1 nitrogen and oxygen atoms in total. The van der Waals surface area contributed by atoms with Gasteiger partial charge in [-0.2, -0.15) is 0 Å². The summed E-state index contributed by atoms with van der Waals surface area (Å²) in [4.78, 5) is 0. The lowest BCUT2D eigenvalue weighted by Crippen LogP contribution is -2.18. The molecule has 2 unspecified atom stereocenters.